The number of hydrogen-bond donors (Lipinski definition) is 3. The Morgan fingerprint density at radius 3 is 2.75 bits per heavy atom. The summed E-state index contributed by atoms with van der Waals surface area (Å²) in [5.74, 6) is 0.899. The number of aromatic amines is 1. The minimum atomic E-state index is -0.310. The Morgan fingerprint density at radius 1 is 1.18 bits per heavy atom. The number of H-pyrrole nitrogens is 1. The number of carbonyl (C=O) groups is 2. The van der Waals surface area contributed by atoms with Crippen molar-refractivity contribution in [3.63, 3.8) is 0 Å². The number of nitrogens with one attached hydrogen (secondary N) is 3. The molecule has 3 N–H and O–H groups in total. The number of nitrogens with zero attached hydrogens (tertiary/aromatic N) is 2. The summed E-state index contributed by atoms with van der Waals surface area (Å²) in [6.07, 6.45) is 0.172. The van der Waals surface area contributed by atoms with Crippen LogP contribution in [0.2, 0.25) is 0 Å². The molecule has 0 fully saturated rings. The van der Waals surface area contributed by atoms with Crippen molar-refractivity contribution >= 4 is 17.5 Å². The van der Waals surface area contributed by atoms with Crippen molar-refractivity contribution in [1.82, 2.24) is 20.5 Å². The largest absolute Gasteiger partial charge is 0.377 e. The Balaban J connectivity index is 1.39. The molecule has 1 aliphatic rings. The summed E-state index contributed by atoms with van der Waals surface area (Å²) in [6.45, 7) is 0.363. The Morgan fingerprint density at radius 2 is 1.96 bits per heavy atom. The number of aromatic nitrogens is 3. The molecule has 142 valence electrons. The van der Waals surface area contributed by atoms with E-state index in [4.69, 9.17) is 4.74 Å². The summed E-state index contributed by atoms with van der Waals surface area (Å²) in [6, 6.07) is 14.3. The number of carbonyl (C=O) groups excluding carboxylic acids is 2. The van der Waals surface area contributed by atoms with Crippen LogP contribution in [0.4, 0.5) is 5.69 Å². The van der Waals surface area contributed by atoms with E-state index >= 15 is 0 Å². The lowest BCUT2D eigenvalue weighted by molar-refractivity contribution is -0.116. The molecule has 2 aromatic carbocycles. The van der Waals surface area contributed by atoms with Crippen molar-refractivity contribution in [3.05, 3.63) is 65.5 Å². The van der Waals surface area contributed by atoms with Crippen molar-refractivity contribution in [2.75, 3.05) is 12.4 Å². The normalized spacial score (nSPS) is 15.2. The highest BCUT2D eigenvalue weighted by molar-refractivity contribution is 6.00. The maximum absolute atomic E-state index is 12.4. The van der Waals surface area contributed by atoms with Crippen LogP contribution >= 0.6 is 0 Å². The molecule has 0 unspecified atom stereocenters. The van der Waals surface area contributed by atoms with E-state index < -0.39 is 0 Å². The number of anilines is 1. The summed E-state index contributed by atoms with van der Waals surface area (Å²) in [5, 5.41) is 12.7. The second kappa shape index (κ2) is 7.61. The zero-order chi connectivity index (χ0) is 19.5. The van der Waals surface area contributed by atoms with E-state index in [2.05, 4.69) is 25.8 Å². The number of fused-ring (bicyclic) bond motifs is 1. The van der Waals surface area contributed by atoms with E-state index in [1.165, 1.54) is 0 Å². The molecule has 1 aliphatic heterocycles. The van der Waals surface area contributed by atoms with Gasteiger partial charge in [-0.3, -0.25) is 14.7 Å². The average Bonchev–Trinajstić information content (AvgIpc) is 3.28. The number of ether oxygens (including phenoxy) is 1. The average molecular weight is 377 g/mol. The number of hydrogen-bond acceptors (Lipinski definition) is 5. The SMILES string of the molecule is COCc1nc(-c2ccc(NC(=O)C[C@H]3NC(=O)c4ccccc43)cc2)n[nH]1. The molecule has 0 spiro atoms. The van der Waals surface area contributed by atoms with Gasteiger partial charge in [0.05, 0.1) is 12.5 Å². The van der Waals surface area contributed by atoms with Gasteiger partial charge in [0, 0.05) is 23.9 Å². The van der Waals surface area contributed by atoms with Gasteiger partial charge < -0.3 is 15.4 Å². The van der Waals surface area contributed by atoms with Gasteiger partial charge in [-0.15, -0.1) is 0 Å². The van der Waals surface area contributed by atoms with Gasteiger partial charge in [-0.1, -0.05) is 18.2 Å². The van der Waals surface area contributed by atoms with Crippen molar-refractivity contribution in [2.24, 2.45) is 0 Å². The lowest BCUT2D eigenvalue weighted by Gasteiger charge is -2.12. The zero-order valence-corrected chi connectivity index (χ0v) is 15.2. The van der Waals surface area contributed by atoms with Crippen LogP contribution in [0.25, 0.3) is 11.4 Å². The molecule has 8 nitrogen and oxygen atoms in total. The molecule has 2 amide bonds. The Labute approximate surface area is 161 Å². The number of benzene rings is 2. The van der Waals surface area contributed by atoms with E-state index in [0.717, 1.165) is 11.1 Å². The van der Waals surface area contributed by atoms with Crippen LogP contribution in [0.1, 0.15) is 34.2 Å². The molecule has 8 heteroatoms. The summed E-state index contributed by atoms with van der Waals surface area (Å²) in [5.41, 5.74) is 2.98. The maximum atomic E-state index is 12.4. The number of methoxy groups -OCH3 is 1. The van der Waals surface area contributed by atoms with Crippen LogP contribution in [0.3, 0.4) is 0 Å². The summed E-state index contributed by atoms with van der Waals surface area (Å²) in [4.78, 5) is 28.7. The standard InChI is InChI=1S/C20H19N5O3/c1-28-11-17-23-19(25-24-17)12-6-8-13(9-7-12)21-18(26)10-16-14-4-2-3-5-15(14)20(27)22-16/h2-9,16H,10-11H2,1H3,(H,21,26)(H,22,27)(H,23,24,25)/t16-/m1/s1. The van der Waals surface area contributed by atoms with E-state index in [9.17, 15) is 9.59 Å². The molecule has 0 saturated carbocycles. The van der Waals surface area contributed by atoms with E-state index in [-0.39, 0.29) is 24.3 Å². The van der Waals surface area contributed by atoms with Gasteiger partial charge in [0.15, 0.2) is 11.6 Å². The lowest BCUT2D eigenvalue weighted by Crippen LogP contribution is -2.24. The van der Waals surface area contributed by atoms with Gasteiger partial charge in [-0.05, 0) is 35.9 Å². The fourth-order valence-corrected chi connectivity index (χ4v) is 3.21. The highest BCUT2D eigenvalue weighted by atomic mass is 16.5. The van der Waals surface area contributed by atoms with Crippen molar-refractivity contribution in [3.8, 4) is 11.4 Å². The summed E-state index contributed by atoms with van der Waals surface area (Å²) < 4.78 is 5.02. The molecular weight excluding hydrogens is 358 g/mol. The van der Waals surface area contributed by atoms with Gasteiger partial charge in [-0.2, -0.15) is 5.10 Å². The third-order valence-corrected chi connectivity index (χ3v) is 4.52. The summed E-state index contributed by atoms with van der Waals surface area (Å²) in [7, 11) is 1.59. The Bertz CT molecular complexity index is 1010. The molecule has 0 aliphatic carbocycles. The molecule has 1 atom stereocenters. The second-order valence-electron chi connectivity index (χ2n) is 6.48. The zero-order valence-electron chi connectivity index (χ0n) is 15.2. The maximum Gasteiger partial charge on any atom is 0.252 e. The Kier molecular flexibility index (Phi) is 4.86. The second-order valence-corrected chi connectivity index (χ2v) is 6.48. The smallest absolute Gasteiger partial charge is 0.252 e. The molecule has 4 rings (SSSR count). The molecule has 0 bridgehead atoms. The van der Waals surface area contributed by atoms with E-state index in [0.29, 0.717) is 29.5 Å². The van der Waals surface area contributed by atoms with Crippen LogP contribution < -0.4 is 10.6 Å². The first-order valence-electron chi connectivity index (χ1n) is 8.84. The van der Waals surface area contributed by atoms with Gasteiger partial charge in [0.2, 0.25) is 5.91 Å². The minimum Gasteiger partial charge on any atom is -0.377 e. The van der Waals surface area contributed by atoms with Crippen LogP contribution in [0, 0.1) is 0 Å². The molecule has 1 aromatic heterocycles. The number of amides is 2. The Hall–Kier alpha value is -3.52. The fraction of sp³-hybridized carbons (Fsp3) is 0.200. The third kappa shape index (κ3) is 3.63. The first kappa shape index (κ1) is 17.9. The topological polar surface area (TPSA) is 109 Å². The van der Waals surface area contributed by atoms with Gasteiger partial charge >= 0.3 is 0 Å². The molecule has 3 aromatic rings. The van der Waals surface area contributed by atoms with Crippen LogP contribution in [-0.2, 0) is 16.1 Å². The quantitative estimate of drug-likeness (QED) is 0.611. The molecule has 0 radical (unpaired) electrons. The van der Waals surface area contributed by atoms with E-state index in [1.54, 1.807) is 25.3 Å². The first-order valence-corrected chi connectivity index (χ1v) is 8.84. The fourth-order valence-electron chi connectivity index (χ4n) is 3.21. The van der Waals surface area contributed by atoms with Gasteiger partial charge in [0.25, 0.3) is 5.91 Å². The predicted octanol–water partition coefficient (Wildman–Crippen LogP) is 2.43. The molecular formula is C20H19N5O3. The lowest BCUT2D eigenvalue weighted by atomic mass is 10.0. The van der Waals surface area contributed by atoms with Crippen molar-refractivity contribution < 1.29 is 14.3 Å². The highest BCUT2D eigenvalue weighted by Gasteiger charge is 2.29. The minimum absolute atomic E-state index is 0.142. The van der Waals surface area contributed by atoms with Crippen LogP contribution in [0.15, 0.2) is 48.5 Å². The third-order valence-electron chi connectivity index (χ3n) is 4.52. The van der Waals surface area contributed by atoms with Crippen molar-refractivity contribution in [2.45, 2.75) is 19.1 Å². The van der Waals surface area contributed by atoms with Crippen LogP contribution in [-0.4, -0.2) is 34.1 Å². The molecule has 28 heavy (non-hydrogen) atoms. The summed E-state index contributed by atoms with van der Waals surface area (Å²) >= 11 is 0. The molecule has 2 heterocycles. The molecule has 0 saturated heterocycles. The van der Waals surface area contributed by atoms with Gasteiger partial charge in [-0.25, -0.2) is 4.98 Å². The first-order chi connectivity index (χ1) is 13.6. The van der Waals surface area contributed by atoms with Crippen molar-refractivity contribution in [1.29, 1.82) is 0 Å². The predicted molar refractivity (Wildman–Crippen MR) is 102 cm³/mol. The highest BCUT2D eigenvalue weighted by Crippen LogP contribution is 2.28. The number of rotatable bonds is 6. The van der Waals surface area contributed by atoms with Gasteiger partial charge in [0.1, 0.15) is 6.61 Å². The monoisotopic (exact) mass is 377 g/mol. The van der Waals surface area contributed by atoms with Crippen LogP contribution in [0.5, 0.6) is 0 Å². The van der Waals surface area contributed by atoms with E-state index in [1.807, 2.05) is 30.3 Å².